The van der Waals surface area contributed by atoms with Crippen molar-refractivity contribution < 1.29 is 0 Å². The first kappa shape index (κ1) is 15.2. The Morgan fingerprint density at radius 2 is 1.86 bits per heavy atom. The molecule has 0 heterocycles. The van der Waals surface area contributed by atoms with Gasteiger partial charge in [0.25, 0.3) is 0 Å². The lowest BCUT2D eigenvalue weighted by Gasteiger charge is -1.98. The lowest BCUT2D eigenvalue weighted by atomic mass is 10.1. The van der Waals surface area contributed by atoms with Gasteiger partial charge in [-0.2, -0.15) is 0 Å². The molecule has 0 fully saturated rings. The molecule has 0 aromatic heterocycles. The number of hydrogen-bond donors (Lipinski definition) is 1. The molecule has 1 nitrogen and oxygen atoms in total. The maximum atomic E-state index is 3.37. The zero-order chi connectivity index (χ0) is 11.2. The molecule has 80 valence electrons. The first-order valence-corrected chi connectivity index (χ1v) is 5.11. The van der Waals surface area contributed by atoms with Crippen LogP contribution in [0.15, 0.2) is 49.4 Å². The van der Waals surface area contributed by atoms with Crippen LogP contribution in [0, 0.1) is 0 Å². The van der Waals surface area contributed by atoms with Crippen molar-refractivity contribution in [3.63, 3.8) is 0 Å². The van der Waals surface area contributed by atoms with Crippen molar-refractivity contribution in [3.8, 4) is 0 Å². The summed E-state index contributed by atoms with van der Waals surface area (Å²) in [4.78, 5) is 0. The zero-order valence-corrected chi connectivity index (χ0v) is 9.72. The lowest BCUT2D eigenvalue weighted by Crippen LogP contribution is -1.85. The van der Waals surface area contributed by atoms with Crippen LogP contribution in [0.3, 0.4) is 0 Å². The van der Waals surface area contributed by atoms with E-state index in [4.69, 9.17) is 0 Å². The largest absolute Gasteiger partial charge is 0.369 e. The molecule has 1 aliphatic rings. The van der Waals surface area contributed by atoms with Crippen LogP contribution in [0.1, 0.15) is 33.6 Å². The molecule has 0 amide bonds. The fraction of sp³-hybridized carbons (Fsp3) is 0.385. The SMILES string of the molecule is C=CNC=C.CC.CC1=CC=CCC1. The van der Waals surface area contributed by atoms with Gasteiger partial charge in [-0.1, -0.05) is 50.8 Å². The maximum Gasteiger partial charge on any atom is -0.00679 e. The summed E-state index contributed by atoms with van der Waals surface area (Å²) < 4.78 is 0. The van der Waals surface area contributed by atoms with E-state index in [1.165, 1.54) is 18.4 Å². The van der Waals surface area contributed by atoms with Gasteiger partial charge in [0, 0.05) is 0 Å². The minimum absolute atomic E-state index is 1.24. The topological polar surface area (TPSA) is 12.0 Å². The van der Waals surface area contributed by atoms with Crippen LogP contribution < -0.4 is 5.32 Å². The number of allylic oxidation sites excluding steroid dienone is 4. The molecule has 0 atom stereocenters. The Kier molecular flexibility index (Phi) is 15.6. The third-order valence-electron chi connectivity index (χ3n) is 1.46. The van der Waals surface area contributed by atoms with Crippen molar-refractivity contribution >= 4 is 0 Å². The van der Waals surface area contributed by atoms with E-state index in [0.29, 0.717) is 0 Å². The normalized spacial score (nSPS) is 12.1. The quantitative estimate of drug-likeness (QED) is 0.694. The summed E-state index contributed by atoms with van der Waals surface area (Å²) in [7, 11) is 0. The molecule has 0 saturated carbocycles. The van der Waals surface area contributed by atoms with E-state index in [2.05, 4.69) is 43.6 Å². The van der Waals surface area contributed by atoms with Crippen LogP contribution >= 0.6 is 0 Å². The Hall–Kier alpha value is -1.24. The van der Waals surface area contributed by atoms with Gasteiger partial charge in [-0.05, 0) is 32.2 Å². The van der Waals surface area contributed by atoms with Gasteiger partial charge in [0.1, 0.15) is 0 Å². The zero-order valence-electron chi connectivity index (χ0n) is 9.72. The summed E-state index contributed by atoms with van der Waals surface area (Å²) in [5, 5.41) is 2.64. The molecule has 0 aromatic rings. The Balaban J connectivity index is 0. The highest BCUT2D eigenvalue weighted by atomic mass is 14.8. The first-order valence-electron chi connectivity index (χ1n) is 5.11. The minimum atomic E-state index is 1.24. The highest BCUT2D eigenvalue weighted by Crippen LogP contribution is 2.08. The summed E-state index contributed by atoms with van der Waals surface area (Å²) >= 11 is 0. The van der Waals surface area contributed by atoms with Crippen molar-refractivity contribution in [3.05, 3.63) is 49.4 Å². The molecular weight excluding hydrogens is 170 g/mol. The van der Waals surface area contributed by atoms with E-state index in [1.807, 2.05) is 13.8 Å². The van der Waals surface area contributed by atoms with E-state index >= 15 is 0 Å². The van der Waals surface area contributed by atoms with Crippen LogP contribution in [-0.4, -0.2) is 0 Å². The molecule has 14 heavy (non-hydrogen) atoms. The van der Waals surface area contributed by atoms with Crippen LogP contribution in [0.5, 0.6) is 0 Å². The van der Waals surface area contributed by atoms with Gasteiger partial charge in [0.15, 0.2) is 0 Å². The third-order valence-corrected chi connectivity index (χ3v) is 1.46. The molecule has 1 heteroatoms. The molecule has 0 aromatic carbocycles. The molecular formula is C13H23N. The summed E-state index contributed by atoms with van der Waals surface area (Å²) in [6, 6.07) is 0. The second kappa shape index (κ2) is 14.3. The number of rotatable bonds is 2. The van der Waals surface area contributed by atoms with Crippen molar-refractivity contribution in [2.24, 2.45) is 0 Å². The van der Waals surface area contributed by atoms with Gasteiger partial charge < -0.3 is 5.32 Å². The molecule has 0 unspecified atom stereocenters. The van der Waals surface area contributed by atoms with E-state index in [9.17, 15) is 0 Å². The minimum Gasteiger partial charge on any atom is -0.369 e. The molecule has 1 aliphatic carbocycles. The highest BCUT2D eigenvalue weighted by Gasteiger charge is 1.88. The lowest BCUT2D eigenvalue weighted by molar-refractivity contribution is 0.962. The van der Waals surface area contributed by atoms with E-state index in [0.717, 1.165) is 0 Å². The van der Waals surface area contributed by atoms with Crippen molar-refractivity contribution in [2.75, 3.05) is 0 Å². The Labute approximate surface area is 88.9 Å². The average molecular weight is 193 g/mol. The molecule has 0 aliphatic heterocycles. The van der Waals surface area contributed by atoms with Crippen molar-refractivity contribution in [1.29, 1.82) is 0 Å². The summed E-state index contributed by atoms with van der Waals surface area (Å²) in [6.45, 7) is 12.9. The predicted octanol–water partition coefficient (Wildman–Crippen LogP) is 4.17. The van der Waals surface area contributed by atoms with Crippen molar-refractivity contribution in [2.45, 2.75) is 33.6 Å². The van der Waals surface area contributed by atoms with E-state index < -0.39 is 0 Å². The third kappa shape index (κ3) is 13.4. The summed E-state index contributed by atoms with van der Waals surface area (Å²) in [5.41, 5.74) is 1.50. The fourth-order valence-corrected chi connectivity index (χ4v) is 0.806. The van der Waals surface area contributed by atoms with E-state index in [1.54, 1.807) is 12.4 Å². The predicted molar refractivity (Wildman–Crippen MR) is 67.0 cm³/mol. The maximum absolute atomic E-state index is 3.37. The van der Waals surface area contributed by atoms with Crippen LogP contribution in [-0.2, 0) is 0 Å². The van der Waals surface area contributed by atoms with Gasteiger partial charge in [0.2, 0.25) is 0 Å². The molecule has 1 rings (SSSR count). The second-order valence-electron chi connectivity index (χ2n) is 2.55. The molecule has 1 N–H and O–H groups in total. The molecule has 0 radical (unpaired) electrons. The molecule has 0 spiro atoms. The average Bonchev–Trinajstić information content (AvgIpc) is 2.24. The number of nitrogens with one attached hydrogen (secondary N) is 1. The van der Waals surface area contributed by atoms with Gasteiger partial charge >= 0.3 is 0 Å². The second-order valence-corrected chi connectivity index (χ2v) is 2.55. The first-order chi connectivity index (χ1) is 6.81. The van der Waals surface area contributed by atoms with Crippen LogP contribution in [0.25, 0.3) is 0 Å². The Morgan fingerprint density at radius 1 is 1.29 bits per heavy atom. The van der Waals surface area contributed by atoms with Gasteiger partial charge in [-0.3, -0.25) is 0 Å². The number of hydrogen-bond acceptors (Lipinski definition) is 1. The monoisotopic (exact) mass is 193 g/mol. The van der Waals surface area contributed by atoms with Crippen LogP contribution in [0.2, 0.25) is 0 Å². The smallest absolute Gasteiger partial charge is 0.00679 e. The Bertz CT molecular complexity index is 181. The van der Waals surface area contributed by atoms with Crippen LogP contribution in [0.4, 0.5) is 0 Å². The standard InChI is InChI=1S/C7H10.C4H7N.C2H6/c1-7-5-3-2-4-6-7;1-3-5-4-2;1-2/h2-3,5H,4,6H2,1H3;3-5H,1-2H2;1-2H3. The van der Waals surface area contributed by atoms with Gasteiger partial charge in [-0.25, -0.2) is 0 Å². The molecule has 0 bridgehead atoms. The highest BCUT2D eigenvalue weighted by molar-refractivity contribution is 5.15. The van der Waals surface area contributed by atoms with Gasteiger partial charge in [-0.15, -0.1) is 0 Å². The van der Waals surface area contributed by atoms with Crippen molar-refractivity contribution in [1.82, 2.24) is 5.32 Å². The van der Waals surface area contributed by atoms with Gasteiger partial charge in [0.05, 0.1) is 0 Å². The summed E-state index contributed by atoms with van der Waals surface area (Å²) in [6.07, 6.45) is 12.1. The summed E-state index contributed by atoms with van der Waals surface area (Å²) in [5.74, 6) is 0. The fourth-order valence-electron chi connectivity index (χ4n) is 0.806. The Morgan fingerprint density at radius 3 is 2.00 bits per heavy atom. The molecule has 0 saturated heterocycles. The van der Waals surface area contributed by atoms with E-state index in [-0.39, 0.29) is 0 Å².